The van der Waals surface area contributed by atoms with Crippen molar-refractivity contribution in [2.75, 3.05) is 0 Å². The average Bonchev–Trinajstić information content (AvgIpc) is 3.07. The predicted octanol–water partition coefficient (Wildman–Crippen LogP) is 4.89. The quantitative estimate of drug-likeness (QED) is 0.386. The Labute approximate surface area is 150 Å². The maximum atomic E-state index is 5.98. The Balaban J connectivity index is 1.45. The van der Waals surface area contributed by atoms with Crippen LogP contribution in [0.15, 0.2) is 48.5 Å². The molecule has 0 heterocycles. The molecule has 3 aromatic rings. The zero-order valence-corrected chi connectivity index (χ0v) is 14.3. The number of hydrogen-bond acceptors (Lipinski definition) is 0. The molecule has 0 N–H and O–H groups in total. The molecular weight excluding hydrogens is 299 g/mol. The van der Waals surface area contributed by atoms with Crippen LogP contribution in [0.4, 0.5) is 0 Å². The lowest BCUT2D eigenvalue weighted by atomic mass is 9.79. The van der Waals surface area contributed by atoms with E-state index in [1.807, 2.05) is 6.07 Å². The van der Waals surface area contributed by atoms with Gasteiger partial charge in [-0.15, -0.1) is 0 Å². The molecule has 0 atom stereocenters. The van der Waals surface area contributed by atoms with Crippen molar-refractivity contribution in [2.24, 2.45) is 0 Å². The van der Waals surface area contributed by atoms with Gasteiger partial charge in [0.2, 0.25) is 0 Å². The Kier molecular flexibility index (Phi) is 2.72. The lowest BCUT2D eigenvalue weighted by Crippen LogP contribution is -2.08. The first-order valence-electron chi connectivity index (χ1n) is 9.44. The van der Waals surface area contributed by atoms with E-state index in [9.17, 15) is 0 Å². The molecule has 3 aliphatic rings. The average molecular weight is 318 g/mol. The summed E-state index contributed by atoms with van der Waals surface area (Å²) in [4.78, 5) is 0. The van der Waals surface area contributed by atoms with Gasteiger partial charge in [-0.05, 0) is 93.8 Å². The van der Waals surface area contributed by atoms with Crippen molar-refractivity contribution < 1.29 is 0 Å². The molecular formula is C24H19B. The van der Waals surface area contributed by atoms with Gasteiger partial charge < -0.3 is 0 Å². The molecule has 3 aromatic carbocycles. The van der Waals surface area contributed by atoms with Crippen molar-refractivity contribution in [2.45, 2.75) is 38.0 Å². The molecule has 0 bridgehead atoms. The summed E-state index contributed by atoms with van der Waals surface area (Å²) in [5, 5.41) is 0. The largest absolute Gasteiger partial charge is 0.113 e. The van der Waals surface area contributed by atoms with E-state index in [4.69, 9.17) is 7.85 Å². The van der Waals surface area contributed by atoms with Gasteiger partial charge in [-0.3, -0.25) is 0 Å². The summed E-state index contributed by atoms with van der Waals surface area (Å²) in [6, 6.07) is 18.5. The summed E-state index contributed by atoms with van der Waals surface area (Å²) in [5.41, 5.74) is 14.0. The van der Waals surface area contributed by atoms with E-state index in [0.717, 1.165) is 24.2 Å². The van der Waals surface area contributed by atoms with Crippen LogP contribution < -0.4 is 5.46 Å². The highest BCUT2D eigenvalue weighted by Crippen LogP contribution is 2.46. The van der Waals surface area contributed by atoms with E-state index in [1.54, 1.807) is 5.56 Å². The highest BCUT2D eigenvalue weighted by Gasteiger charge is 2.27. The smallest absolute Gasteiger partial charge is 0.0963 e. The summed E-state index contributed by atoms with van der Waals surface area (Å²) in [6.07, 6.45) is 6.25. The highest BCUT2D eigenvalue weighted by atomic mass is 14.3. The zero-order chi connectivity index (χ0) is 16.5. The summed E-state index contributed by atoms with van der Waals surface area (Å²) >= 11 is 0. The minimum atomic E-state index is 0.816. The zero-order valence-electron chi connectivity index (χ0n) is 14.3. The monoisotopic (exact) mass is 318 g/mol. The Bertz CT molecular complexity index is 1040. The third-order valence-corrected chi connectivity index (χ3v) is 6.51. The maximum Gasteiger partial charge on any atom is 0.113 e. The van der Waals surface area contributed by atoms with E-state index in [-0.39, 0.29) is 0 Å². The van der Waals surface area contributed by atoms with Gasteiger partial charge in [0, 0.05) is 0 Å². The Morgan fingerprint density at radius 1 is 0.640 bits per heavy atom. The van der Waals surface area contributed by atoms with Gasteiger partial charge in [0.05, 0.1) is 0 Å². The highest BCUT2D eigenvalue weighted by molar-refractivity contribution is 6.32. The van der Waals surface area contributed by atoms with Crippen molar-refractivity contribution in [1.82, 2.24) is 0 Å². The molecule has 2 radical (unpaired) electrons. The van der Waals surface area contributed by atoms with Crippen molar-refractivity contribution >= 4 is 13.3 Å². The van der Waals surface area contributed by atoms with Gasteiger partial charge in [0.15, 0.2) is 0 Å². The molecule has 3 aliphatic carbocycles. The first kappa shape index (κ1) is 14.0. The molecule has 1 saturated carbocycles. The van der Waals surface area contributed by atoms with Crippen molar-refractivity contribution in [1.29, 1.82) is 0 Å². The molecule has 0 nitrogen and oxygen atoms in total. The van der Waals surface area contributed by atoms with Crippen LogP contribution in [0.1, 0.15) is 53.0 Å². The number of benzene rings is 3. The topological polar surface area (TPSA) is 0 Å². The number of rotatable bonds is 1. The third kappa shape index (κ3) is 1.96. The summed E-state index contributed by atoms with van der Waals surface area (Å²) < 4.78 is 0. The predicted molar refractivity (Wildman–Crippen MR) is 105 cm³/mol. The van der Waals surface area contributed by atoms with Crippen LogP contribution in [0.3, 0.4) is 0 Å². The molecule has 0 saturated heterocycles. The molecule has 6 rings (SSSR count). The van der Waals surface area contributed by atoms with Crippen molar-refractivity contribution in [3.8, 4) is 22.3 Å². The second-order valence-corrected chi connectivity index (χ2v) is 7.98. The van der Waals surface area contributed by atoms with Gasteiger partial charge in [-0.1, -0.05) is 48.3 Å². The van der Waals surface area contributed by atoms with E-state index < -0.39 is 0 Å². The first-order valence-corrected chi connectivity index (χ1v) is 9.44. The van der Waals surface area contributed by atoms with Gasteiger partial charge in [0.25, 0.3) is 0 Å². The summed E-state index contributed by atoms with van der Waals surface area (Å²) in [6.45, 7) is 0. The fraction of sp³-hybridized carbons (Fsp3) is 0.250. The normalized spacial score (nSPS) is 16.8. The van der Waals surface area contributed by atoms with E-state index in [0.29, 0.717) is 0 Å². The molecule has 25 heavy (non-hydrogen) atoms. The number of fused-ring (bicyclic) bond motifs is 6. The van der Waals surface area contributed by atoms with Crippen LogP contribution in [-0.2, 0) is 12.8 Å². The Hall–Kier alpha value is -2.28. The van der Waals surface area contributed by atoms with Gasteiger partial charge in [-0.25, -0.2) is 0 Å². The molecule has 0 aliphatic heterocycles. The molecule has 1 fully saturated rings. The fourth-order valence-electron chi connectivity index (χ4n) is 4.93. The Morgan fingerprint density at radius 3 is 1.88 bits per heavy atom. The van der Waals surface area contributed by atoms with Crippen LogP contribution in [0.5, 0.6) is 0 Å². The second kappa shape index (κ2) is 4.88. The van der Waals surface area contributed by atoms with Gasteiger partial charge >= 0.3 is 0 Å². The lowest BCUT2D eigenvalue weighted by Gasteiger charge is -2.26. The van der Waals surface area contributed by atoms with Crippen LogP contribution >= 0.6 is 0 Å². The molecule has 0 unspecified atom stereocenters. The minimum absolute atomic E-state index is 0.816. The first-order chi connectivity index (χ1) is 12.3. The van der Waals surface area contributed by atoms with Crippen LogP contribution in [0, 0.1) is 0 Å². The lowest BCUT2D eigenvalue weighted by molar-refractivity contribution is 0.419. The summed E-state index contributed by atoms with van der Waals surface area (Å²) in [5.74, 6) is 0.816. The second-order valence-electron chi connectivity index (χ2n) is 7.98. The molecule has 0 amide bonds. The van der Waals surface area contributed by atoms with Gasteiger partial charge in [0.1, 0.15) is 7.85 Å². The van der Waals surface area contributed by atoms with Crippen LogP contribution in [0.2, 0.25) is 0 Å². The Morgan fingerprint density at radius 2 is 1.24 bits per heavy atom. The van der Waals surface area contributed by atoms with Crippen molar-refractivity contribution in [3.05, 3.63) is 76.3 Å². The van der Waals surface area contributed by atoms with Crippen LogP contribution in [0.25, 0.3) is 22.3 Å². The summed E-state index contributed by atoms with van der Waals surface area (Å²) in [7, 11) is 5.98. The molecule has 0 spiro atoms. The van der Waals surface area contributed by atoms with Crippen molar-refractivity contribution in [3.63, 3.8) is 0 Å². The van der Waals surface area contributed by atoms with E-state index in [2.05, 4.69) is 42.5 Å². The standard InChI is InChI=1S/C24H19B/c25-20-5-7-22-17(11-20)10-19-13-23-18(12-24(19)22)9-16-8-15(4-6-21(16)23)14-2-1-3-14/h4-8,11-14H,1-3,9-10H2. The molecule has 1 heteroatoms. The SMILES string of the molecule is [B]c1ccc2c(c1)Cc1cc3c(cc1-2)Cc1cc(C2CCC2)ccc1-3. The third-order valence-electron chi connectivity index (χ3n) is 6.51. The van der Waals surface area contributed by atoms with E-state index >= 15 is 0 Å². The van der Waals surface area contributed by atoms with Gasteiger partial charge in [-0.2, -0.15) is 0 Å². The fourth-order valence-corrected chi connectivity index (χ4v) is 4.93. The van der Waals surface area contributed by atoms with Crippen LogP contribution in [-0.4, -0.2) is 7.85 Å². The van der Waals surface area contributed by atoms with E-state index in [1.165, 1.54) is 63.8 Å². The molecule has 0 aromatic heterocycles. The minimum Gasteiger partial charge on any atom is -0.0963 e. The maximum absolute atomic E-state index is 5.98. The molecule has 118 valence electrons. The number of hydrogen-bond donors (Lipinski definition) is 0.